The highest BCUT2D eigenvalue weighted by Gasteiger charge is 2.26. The number of piperidine rings is 1. The summed E-state index contributed by atoms with van der Waals surface area (Å²) in [5.41, 5.74) is 4.47. The van der Waals surface area contributed by atoms with Crippen molar-refractivity contribution in [3.8, 4) is 17.3 Å². The summed E-state index contributed by atoms with van der Waals surface area (Å²) in [6, 6.07) is 8.47. The first-order valence-corrected chi connectivity index (χ1v) is 9.88. The van der Waals surface area contributed by atoms with Gasteiger partial charge in [-0.05, 0) is 50.4 Å². The van der Waals surface area contributed by atoms with E-state index in [-0.39, 0.29) is 11.8 Å². The summed E-state index contributed by atoms with van der Waals surface area (Å²) in [5.74, 6) is 0.00376. The molecular weight excluding hydrogens is 344 g/mol. The number of carbonyl (C=O) groups is 1. The van der Waals surface area contributed by atoms with Gasteiger partial charge in [-0.3, -0.25) is 4.79 Å². The predicted octanol–water partition coefficient (Wildman–Crippen LogP) is 3.99. The van der Waals surface area contributed by atoms with Gasteiger partial charge in [-0.1, -0.05) is 12.1 Å². The molecule has 1 aliphatic heterocycles. The zero-order valence-electron chi connectivity index (χ0n) is 15.3. The molecule has 0 saturated carbocycles. The summed E-state index contributed by atoms with van der Waals surface area (Å²) in [7, 11) is 0. The topological polar surface area (TPSA) is 69.0 Å². The average molecular weight is 369 g/mol. The molecule has 6 heteroatoms. The van der Waals surface area contributed by atoms with E-state index in [0.29, 0.717) is 11.6 Å². The highest BCUT2D eigenvalue weighted by atomic mass is 32.1. The molecule has 2 heterocycles. The Morgan fingerprint density at radius 2 is 2.27 bits per heavy atom. The van der Waals surface area contributed by atoms with E-state index in [2.05, 4.69) is 53.3 Å². The van der Waals surface area contributed by atoms with Gasteiger partial charge in [0.05, 0.1) is 17.7 Å². The SMILES string of the molecule is Cc1ccc(-c2csc(NC(=O)C3CCCN(CCC#N)C3)n2)cc1C. The lowest BCUT2D eigenvalue weighted by molar-refractivity contribution is -0.121. The van der Waals surface area contributed by atoms with Crippen LogP contribution >= 0.6 is 11.3 Å². The third-order valence-electron chi connectivity index (χ3n) is 4.95. The summed E-state index contributed by atoms with van der Waals surface area (Å²) >= 11 is 1.46. The molecule has 2 aromatic rings. The Hall–Kier alpha value is -2.23. The van der Waals surface area contributed by atoms with Crippen LogP contribution in [-0.2, 0) is 4.79 Å². The Morgan fingerprint density at radius 1 is 1.42 bits per heavy atom. The maximum Gasteiger partial charge on any atom is 0.230 e. The molecule has 1 fully saturated rings. The van der Waals surface area contributed by atoms with Crippen molar-refractivity contribution in [2.45, 2.75) is 33.1 Å². The van der Waals surface area contributed by atoms with Crippen LogP contribution in [0.1, 0.15) is 30.4 Å². The minimum absolute atomic E-state index is 0.0311. The summed E-state index contributed by atoms with van der Waals surface area (Å²) in [4.78, 5) is 19.4. The van der Waals surface area contributed by atoms with Crippen molar-refractivity contribution in [3.05, 3.63) is 34.7 Å². The van der Waals surface area contributed by atoms with Crippen LogP contribution in [0.2, 0.25) is 0 Å². The fraction of sp³-hybridized carbons (Fsp3) is 0.450. The van der Waals surface area contributed by atoms with E-state index in [9.17, 15) is 4.79 Å². The van der Waals surface area contributed by atoms with Crippen LogP contribution in [0.25, 0.3) is 11.3 Å². The number of nitrogens with zero attached hydrogens (tertiary/aromatic N) is 3. The van der Waals surface area contributed by atoms with E-state index in [0.717, 1.165) is 43.7 Å². The van der Waals surface area contributed by atoms with Crippen molar-refractivity contribution < 1.29 is 4.79 Å². The Labute approximate surface area is 158 Å². The summed E-state index contributed by atoms with van der Waals surface area (Å²) in [6.07, 6.45) is 2.40. The van der Waals surface area contributed by atoms with E-state index in [1.54, 1.807) is 0 Å². The molecule has 1 aliphatic rings. The molecule has 1 aromatic carbocycles. The number of nitriles is 1. The number of amides is 1. The lowest BCUT2D eigenvalue weighted by atomic mass is 9.97. The van der Waals surface area contributed by atoms with E-state index >= 15 is 0 Å². The summed E-state index contributed by atoms with van der Waals surface area (Å²) in [5, 5.41) is 14.4. The van der Waals surface area contributed by atoms with E-state index in [1.165, 1.54) is 22.5 Å². The van der Waals surface area contributed by atoms with Crippen LogP contribution in [0.3, 0.4) is 0 Å². The molecule has 0 aliphatic carbocycles. The van der Waals surface area contributed by atoms with Crippen LogP contribution in [0.4, 0.5) is 5.13 Å². The lowest BCUT2D eigenvalue weighted by Gasteiger charge is -2.31. The number of benzene rings is 1. The van der Waals surface area contributed by atoms with Crippen LogP contribution in [0, 0.1) is 31.1 Å². The first kappa shape index (κ1) is 18.6. The molecular formula is C20H24N4OS. The van der Waals surface area contributed by atoms with Gasteiger partial charge in [-0.2, -0.15) is 5.26 Å². The Morgan fingerprint density at radius 3 is 3.04 bits per heavy atom. The molecule has 1 N–H and O–H groups in total. The van der Waals surface area contributed by atoms with Gasteiger partial charge < -0.3 is 10.2 Å². The number of likely N-dealkylation sites (tertiary alicyclic amines) is 1. The number of nitrogens with one attached hydrogen (secondary N) is 1. The van der Waals surface area contributed by atoms with Gasteiger partial charge in [0.15, 0.2) is 5.13 Å². The zero-order valence-corrected chi connectivity index (χ0v) is 16.1. The molecule has 0 bridgehead atoms. The summed E-state index contributed by atoms with van der Waals surface area (Å²) < 4.78 is 0. The molecule has 1 atom stereocenters. The number of anilines is 1. The third-order valence-corrected chi connectivity index (χ3v) is 5.71. The molecule has 0 spiro atoms. The van der Waals surface area contributed by atoms with Crippen molar-refractivity contribution in [3.63, 3.8) is 0 Å². The van der Waals surface area contributed by atoms with E-state index in [1.807, 2.05) is 5.38 Å². The Balaban J connectivity index is 1.62. The van der Waals surface area contributed by atoms with Crippen molar-refractivity contribution >= 4 is 22.4 Å². The number of carbonyl (C=O) groups excluding carboxylic acids is 1. The normalized spacial score (nSPS) is 17.7. The fourth-order valence-corrected chi connectivity index (χ4v) is 3.98. The molecule has 1 aromatic heterocycles. The van der Waals surface area contributed by atoms with Crippen molar-refractivity contribution in [1.82, 2.24) is 9.88 Å². The van der Waals surface area contributed by atoms with Gasteiger partial charge in [0.2, 0.25) is 5.91 Å². The quantitative estimate of drug-likeness (QED) is 0.866. The molecule has 1 amide bonds. The van der Waals surface area contributed by atoms with Gasteiger partial charge in [-0.15, -0.1) is 11.3 Å². The largest absolute Gasteiger partial charge is 0.302 e. The Bertz CT molecular complexity index is 823. The second kappa shape index (κ2) is 8.43. The number of thiazole rings is 1. The van der Waals surface area contributed by atoms with Crippen LogP contribution in [0.15, 0.2) is 23.6 Å². The van der Waals surface area contributed by atoms with Gasteiger partial charge in [0.1, 0.15) is 0 Å². The minimum atomic E-state index is -0.0311. The number of hydrogen-bond acceptors (Lipinski definition) is 5. The molecule has 0 radical (unpaired) electrons. The standard InChI is InChI=1S/C20H24N4OS/c1-14-6-7-16(11-15(14)2)18-13-26-20(22-18)23-19(25)17-5-3-9-24(12-17)10-4-8-21/h6-7,11,13,17H,3-5,9-10,12H2,1-2H3,(H,22,23,25). The highest BCUT2D eigenvalue weighted by molar-refractivity contribution is 7.14. The fourth-order valence-electron chi connectivity index (χ4n) is 3.25. The van der Waals surface area contributed by atoms with Crippen molar-refractivity contribution in [1.29, 1.82) is 5.26 Å². The molecule has 26 heavy (non-hydrogen) atoms. The van der Waals surface area contributed by atoms with Crippen LogP contribution in [-0.4, -0.2) is 35.4 Å². The highest BCUT2D eigenvalue weighted by Crippen LogP contribution is 2.27. The van der Waals surface area contributed by atoms with Crippen molar-refractivity contribution in [2.24, 2.45) is 5.92 Å². The van der Waals surface area contributed by atoms with Crippen molar-refractivity contribution in [2.75, 3.05) is 25.0 Å². The molecule has 5 nitrogen and oxygen atoms in total. The molecule has 3 rings (SSSR count). The van der Waals surface area contributed by atoms with E-state index < -0.39 is 0 Å². The molecule has 1 unspecified atom stereocenters. The van der Waals surface area contributed by atoms with E-state index in [4.69, 9.17) is 5.26 Å². The van der Waals surface area contributed by atoms with Gasteiger partial charge in [-0.25, -0.2) is 4.98 Å². The van der Waals surface area contributed by atoms with Crippen LogP contribution < -0.4 is 5.32 Å². The number of aryl methyl sites for hydroxylation is 2. The minimum Gasteiger partial charge on any atom is -0.302 e. The maximum absolute atomic E-state index is 12.6. The Kier molecular flexibility index (Phi) is 6.02. The number of rotatable bonds is 5. The zero-order chi connectivity index (χ0) is 18.5. The van der Waals surface area contributed by atoms with Gasteiger partial charge in [0.25, 0.3) is 0 Å². The van der Waals surface area contributed by atoms with Crippen LogP contribution in [0.5, 0.6) is 0 Å². The predicted molar refractivity (Wildman–Crippen MR) is 105 cm³/mol. The second-order valence-electron chi connectivity index (χ2n) is 6.87. The van der Waals surface area contributed by atoms with Gasteiger partial charge in [0, 0.05) is 30.5 Å². The smallest absolute Gasteiger partial charge is 0.230 e. The monoisotopic (exact) mass is 368 g/mol. The number of hydrogen-bond donors (Lipinski definition) is 1. The molecule has 136 valence electrons. The molecule has 1 saturated heterocycles. The lowest BCUT2D eigenvalue weighted by Crippen LogP contribution is -2.41. The maximum atomic E-state index is 12.6. The van der Waals surface area contributed by atoms with Gasteiger partial charge >= 0.3 is 0 Å². The average Bonchev–Trinajstić information content (AvgIpc) is 3.11. The number of aromatic nitrogens is 1. The first-order valence-electron chi connectivity index (χ1n) is 9.00. The second-order valence-corrected chi connectivity index (χ2v) is 7.73. The first-order chi connectivity index (χ1) is 12.6. The summed E-state index contributed by atoms with van der Waals surface area (Å²) in [6.45, 7) is 6.63. The third kappa shape index (κ3) is 4.48.